The number of carbonyl (C=O) groups excluding carboxylic acids is 1. The molecule has 1 atom stereocenters. The SMILES string of the molecule is COc1ccc2nc(N3CCN(C(=O)C(C)C4CC4)CC3)c(C#N)cc2c1. The van der Waals surface area contributed by atoms with Crippen molar-refractivity contribution in [3.05, 3.63) is 29.8 Å². The minimum Gasteiger partial charge on any atom is -0.497 e. The summed E-state index contributed by atoms with van der Waals surface area (Å²) in [6.45, 7) is 4.82. The van der Waals surface area contributed by atoms with Gasteiger partial charge in [0.15, 0.2) is 0 Å². The molecule has 27 heavy (non-hydrogen) atoms. The Morgan fingerprint density at radius 2 is 2.00 bits per heavy atom. The highest BCUT2D eigenvalue weighted by atomic mass is 16.5. The summed E-state index contributed by atoms with van der Waals surface area (Å²) in [5.74, 6) is 2.45. The van der Waals surface area contributed by atoms with E-state index in [1.807, 2.05) is 29.2 Å². The summed E-state index contributed by atoms with van der Waals surface area (Å²) in [6.07, 6.45) is 2.37. The van der Waals surface area contributed by atoms with Crippen molar-refractivity contribution in [2.75, 3.05) is 38.2 Å². The highest BCUT2D eigenvalue weighted by Gasteiger charge is 2.36. The van der Waals surface area contributed by atoms with Crippen molar-refractivity contribution in [3.63, 3.8) is 0 Å². The number of nitrogens with zero attached hydrogens (tertiary/aromatic N) is 4. The summed E-state index contributed by atoms with van der Waals surface area (Å²) in [6, 6.07) is 9.82. The van der Waals surface area contributed by atoms with Crippen molar-refractivity contribution in [2.45, 2.75) is 19.8 Å². The van der Waals surface area contributed by atoms with E-state index in [0.29, 0.717) is 43.5 Å². The Hall–Kier alpha value is -2.81. The summed E-state index contributed by atoms with van der Waals surface area (Å²) in [5.41, 5.74) is 1.40. The second-order valence-electron chi connectivity index (χ2n) is 7.47. The zero-order valence-corrected chi connectivity index (χ0v) is 15.8. The number of benzene rings is 1. The van der Waals surface area contributed by atoms with Crippen LogP contribution in [0.4, 0.5) is 5.82 Å². The van der Waals surface area contributed by atoms with E-state index < -0.39 is 0 Å². The number of piperazine rings is 1. The van der Waals surface area contributed by atoms with Crippen LogP contribution in [0, 0.1) is 23.2 Å². The first-order valence-corrected chi connectivity index (χ1v) is 9.53. The molecule has 6 nitrogen and oxygen atoms in total. The lowest BCUT2D eigenvalue weighted by Gasteiger charge is -2.37. The van der Waals surface area contributed by atoms with Crippen LogP contribution in [0.2, 0.25) is 0 Å². The molecule has 1 aliphatic heterocycles. The number of nitriles is 1. The van der Waals surface area contributed by atoms with Crippen LogP contribution < -0.4 is 9.64 Å². The second-order valence-corrected chi connectivity index (χ2v) is 7.47. The third kappa shape index (κ3) is 3.42. The topological polar surface area (TPSA) is 69.5 Å². The zero-order chi connectivity index (χ0) is 19.0. The highest BCUT2D eigenvalue weighted by molar-refractivity contribution is 5.84. The van der Waals surface area contributed by atoms with Crippen LogP contribution >= 0.6 is 0 Å². The molecule has 1 saturated heterocycles. The first-order chi connectivity index (χ1) is 13.1. The summed E-state index contributed by atoms with van der Waals surface area (Å²) in [5, 5.41) is 10.5. The standard InChI is InChI=1S/C21H24N4O2/c1-14(15-3-4-15)21(26)25-9-7-24(8-10-25)20-17(13-22)11-16-12-18(27-2)5-6-19(16)23-20/h5-6,11-12,14-15H,3-4,7-10H2,1-2H3. The number of anilines is 1. The van der Waals surface area contributed by atoms with Gasteiger partial charge in [-0.05, 0) is 43.0 Å². The number of amides is 1. The van der Waals surface area contributed by atoms with Crippen molar-refractivity contribution in [3.8, 4) is 11.8 Å². The number of rotatable bonds is 4. The Balaban J connectivity index is 1.52. The van der Waals surface area contributed by atoms with Gasteiger partial charge in [0.05, 0.1) is 18.2 Å². The molecule has 2 aromatic rings. The molecule has 0 bridgehead atoms. The zero-order valence-electron chi connectivity index (χ0n) is 15.8. The molecule has 1 amide bonds. The molecule has 2 fully saturated rings. The van der Waals surface area contributed by atoms with Crippen LogP contribution in [0.5, 0.6) is 5.75 Å². The van der Waals surface area contributed by atoms with Gasteiger partial charge in [-0.15, -0.1) is 0 Å². The average Bonchev–Trinajstić information content (AvgIpc) is 3.56. The molecular formula is C21H24N4O2. The highest BCUT2D eigenvalue weighted by Crippen LogP contribution is 2.37. The number of hydrogen-bond donors (Lipinski definition) is 0. The Morgan fingerprint density at radius 3 is 2.63 bits per heavy atom. The number of pyridine rings is 1. The fraction of sp³-hybridized carbons (Fsp3) is 0.476. The maximum absolute atomic E-state index is 12.6. The summed E-state index contributed by atoms with van der Waals surface area (Å²) in [4.78, 5) is 21.4. The quantitative estimate of drug-likeness (QED) is 0.834. The minimum atomic E-state index is 0.139. The Kier molecular flexibility index (Phi) is 4.61. The van der Waals surface area contributed by atoms with E-state index in [4.69, 9.17) is 9.72 Å². The molecular weight excluding hydrogens is 340 g/mol. The third-order valence-corrected chi connectivity index (χ3v) is 5.73. The number of hydrogen-bond acceptors (Lipinski definition) is 5. The molecule has 6 heteroatoms. The molecule has 1 aromatic carbocycles. The van der Waals surface area contributed by atoms with Crippen molar-refractivity contribution in [2.24, 2.45) is 11.8 Å². The Labute approximate surface area is 159 Å². The van der Waals surface area contributed by atoms with E-state index in [2.05, 4.69) is 17.9 Å². The molecule has 1 saturated carbocycles. The summed E-state index contributed by atoms with van der Waals surface area (Å²) < 4.78 is 5.26. The minimum absolute atomic E-state index is 0.139. The van der Waals surface area contributed by atoms with Gasteiger partial charge in [0.1, 0.15) is 17.6 Å². The molecule has 4 rings (SSSR count). The number of methoxy groups -OCH3 is 1. The number of aromatic nitrogens is 1. The van der Waals surface area contributed by atoms with Crippen molar-refractivity contribution < 1.29 is 9.53 Å². The first-order valence-electron chi connectivity index (χ1n) is 9.53. The van der Waals surface area contributed by atoms with Gasteiger partial charge in [-0.1, -0.05) is 6.92 Å². The lowest BCUT2D eigenvalue weighted by Crippen LogP contribution is -2.50. The molecule has 0 radical (unpaired) electrons. The van der Waals surface area contributed by atoms with E-state index >= 15 is 0 Å². The van der Waals surface area contributed by atoms with Gasteiger partial charge in [0.25, 0.3) is 0 Å². The van der Waals surface area contributed by atoms with Crippen LogP contribution in [0.3, 0.4) is 0 Å². The molecule has 2 heterocycles. The van der Waals surface area contributed by atoms with Crippen LogP contribution in [0.1, 0.15) is 25.3 Å². The third-order valence-electron chi connectivity index (χ3n) is 5.73. The Bertz CT molecular complexity index is 908. The van der Waals surface area contributed by atoms with Crippen molar-refractivity contribution in [1.82, 2.24) is 9.88 Å². The lowest BCUT2D eigenvalue weighted by molar-refractivity contribution is -0.135. The van der Waals surface area contributed by atoms with Crippen molar-refractivity contribution in [1.29, 1.82) is 5.26 Å². The molecule has 0 N–H and O–H groups in total. The number of fused-ring (bicyclic) bond motifs is 1. The summed E-state index contributed by atoms with van der Waals surface area (Å²) in [7, 11) is 1.62. The molecule has 1 unspecified atom stereocenters. The lowest BCUT2D eigenvalue weighted by atomic mass is 10.0. The number of carbonyl (C=O) groups is 1. The fourth-order valence-electron chi connectivity index (χ4n) is 3.82. The molecule has 0 spiro atoms. The molecule has 1 aliphatic carbocycles. The van der Waals surface area contributed by atoms with E-state index in [0.717, 1.165) is 16.7 Å². The van der Waals surface area contributed by atoms with Gasteiger partial charge in [-0.2, -0.15) is 5.26 Å². The van der Waals surface area contributed by atoms with Crippen molar-refractivity contribution >= 4 is 22.6 Å². The maximum atomic E-state index is 12.6. The molecule has 1 aromatic heterocycles. The van der Waals surface area contributed by atoms with Gasteiger partial charge < -0.3 is 14.5 Å². The maximum Gasteiger partial charge on any atom is 0.225 e. The normalized spacial score (nSPS) is 18.3. The van der Waals surface area contributed by atoms with Crippen LogP contribution in [0.15, 0.2) is 24.3 Å². The van der Waals surface area contributed by atoms with Crippen LogP contribution in [-0.4, -0.2) is 49.1 Å². The average molecular weight is 364 g/mol. The van der Waals surface area contributed by atoms with Crippen LogP contribution in [-0.2, 0) is 4.79 Å². The van der Waals surface area contributed by atoms with Gasteiger partial charge >= 0.3 is 0 Å². The summed E-state index contributed by atoms with van der Waals surface area (Å²) >= 11 is 0. The van der Waals surface area contributed by atoms with E-state index in [1.54, 1.807) is 7.11 Å². The Morgan fingerprint density at radius 1 is 1.26 bits per heavy atom. The van der Waals surface area contributed by atoms with E-state index in [-0.39, 0.29) is 11.8 Å². The smallest absolute Gasteiger partial charge is 0.225 e. The fourth-order valence-corrected chi connectivity index (χ4v) is 3.82. The largest absolute Gasteiger partial charge is 0.497 e. The van der Waals surface area contributed by atoms with E-state index in [9.17, 15) is 10.1 Å². The van der Waals surface area contributed by atoms with Gasteiger partial charge in [-0.25, -0.2) is 4.98 Å². The van der Waals surface area contributed by atoms with Gasteiger partial charge in [0, 0.05) is 37.5 Å². The number of ether oxygens (including phenoxy) is 1. The molecule has 140 valence electrons. The van der Waals surface area contributed by atoms with E-state index in [1.165, 1.54) is 12.8 Å². The second kappa shape index (κ2) is 7.07. The predicted molar refractivity (Wildman–Crippen MR) is 104 cm³/mol. The van der Waals surface area contributed by atoms with Gasteiger partial charge in [-0.3, -0.25) is 4.79 Å². The van der Waals surface area contributed by atoms with Crippen LogP contribution in [0.25, 0.3) is 10.9 Å². The predicted octanol–water partition coefficient (Wildman–Crippen LogP) is 2.81. The molecule has 2 aliphatic rings. The monoisotopic (exact) mass is 364 g/mol. The van der Waals surface area contributed by atoms with Gasteiger partial charge in [0.2, 0.25) is 5.91 Å². The first kappa shape index (κ1) is 17.6.